The molecule has 2 amide bonds. The van der Waals surface area contributed by atoms with Crippen LogP contribution in [0.15, 0.2) is 47.4 Å². The number of nitrogens with one attached hydrogen (secondary N) is 1. The number of piperazine rings is 1. The summed E-state index contributed by atoms with van der Waals surface area (Å²) < 4.78 is 0. The van der Waals surface area contributed by atoms with E-state index in [0.717, 1.165) is 18.0 Å². The second-order valence-corrected chi connectivity index (χ2v) is 9.30. The predicted molar refractivity (Wildman–Crippen MR) is 116 cm³/mol. The number of thioether (sulfide) groups is 1. The zero-order chi connectivity index (χ0) is 20.1. The van der Waals surface area contributed by atoms with Crippen molar-refractivity contribution in [1.29, 1.82) is 0 Å². The number of amides is 2. The van der Waals surface area contributed by atoms with Crippen LogP contribution in [0.3, 0.4) is 0 Å². The van der Waals surface area contributed by atoms with Gasteiger partial charge in [0.2, 0.25) is 11.8 Å². The summed E-state index contributed by atoms with van der Waals surface area (Å²) in [6, 6.07) is 14.6. The van der Waals surface area contributed by atoms with Crippen molar-refractivity contribution in [2.75, 3.05) is 38.5 Å². The molecule has 150 valence electrons. The van der Waals surface area contributed by atoms with Crippen LogP contribution in [0.5, 0.6) is 0 Å². The van der Waals surface area contributed by atoms with E-state index in [1.807, 2.05) is 37.8 Å². The molecule has 0 unspecified atom stereocenters. The van der Waals surface area contributed by atoms with Gasteiger partial charge in [0.1, 0.15) is 0 Å². The van der Waals surface area contributed by atoms with Crippen LogP contribution in [0.25, 0.3) is 10.8 Å². The summed E-state index contributed by atoms with van der Waals surface area (Å²) >= 11 is 1.59. The Morgan fingerprint density at radius 3 is 2.36 bits per heavy atom. The van der Waals surface area contributed by atoms with Gasteiger partial charge in [-0.25, -0.2) is 0 Å². The van der Waals surface area contributed by atoms with Gasteiger partial charge in [-0.3, -0.25) is 14.5 Å². The highest BCUT2D eigenvalue weighted by Crippen LogP contribution is 2.24. The Balaban J connectivity index is 1.44. The molecule has 1 aliphatic heterocycles. The number of hydrogen-bond donors (Lipinski definition) is 1. The zero-order valence-corrected chi connectivity index (χ0v) is 17.7. The van der Waals surface area contributed by atoms with Gasteiger partial charge in [-0.05, 0) is 43.7 Å². The van der Waals surface area contributed by atoms with Crippen LogP contribution in [0, 0.1) is 0 Å². The van der Waals surface area contributed by atoms with E-state index in [4.69, 9.17) is 0 Å². The lowest BCUT2D eigenvalue weighted by molar-refractivity contribution is -0.130. The minimum atomic E-state index is -0.213. The van der Waals surface area contributed by atoms with E-state index in [1.54, 1.807) is 11.8 Å². The van der Waals surface area contributed by atoms with Crippen LogP contribution in [-0.4, -0.2) is 65.6 Å². The van der Waals surface area contributed by atoms with Crippen molar-refractivity contribution in [1.82, 2.24) is 15.1 Å². The molecule has 0 spiro atoms. The Bertz CT molecular complexity index is 839. The number of nitrogens with zero attached hydrogens (tertiary/aromatic N) is 2. The predicted octanol–water partition coefficient (Wildman–Crippen LogP) is 2.99. The second-order valence-electron chi connectivity index (χ2n) is 8.25. The third-order valence-corrected chi connectivity index (χ3v) is 5.67. The van der Waals surface area contributed by atoms with Crippen molar-refractivity contribution in [2.24, 2.45) is 0 Å². The number of benzene rings is 2. The SMILES string of the molecule is CC(C)(C)NC(=O)CN1CCN(C(=O)CSc2ccc3ccccc3c2)CC1. The first-order chi connectivity index (χ1) is 13.3. The van der Waals surface area contributed by atoms with Crippen molar-refractivity contribution in [2.45, 2.75) is 31.2 Å². The maximum atomic E-state index is 12.6. The Labute approximate surface area is 171 Å². The number of carbonyl (C=O) groups excluding carboxylic acids is 2. The molecule has 2 aromatic rings. The molecule has 6 heteroatoms. The normalized spacial score (nSPS) is 15.6. The largest absolute Gasteiger partial charge is 0.350 e. The fourth-order valence-corrected chi connectivity index (χ4v) is 4.16. The zero-order valence-electron chi connectivity index (χ0n) is 16.9. The summed E-state index contributed by atoms with van der Waals surface area (Å²) in [5.74, 6) is 0.652. The number of rotatable bonds is 5. The first-order valence-corrected chi connectivity index (χ1v) is 10.7. The quantitative estimate of drug-likeness (QED) is 0.786. The Kier molecular flexibility index (Phi) is 6.62. The first kappa shape index (κ1) is 20.7. The van der Waals surface area contributed by atoms with Gasteiger partial charge in [0.05, 0.1) is 12.3 Å². The van der Waals surface area contributed by atoms with Crippen LogP contribution in [0.2, 0.25) is 0 Å². The molecule has 5 nitrogen and oxygen atoms in total. The maximum Gasteiger partial charge on any atom is 0.234 e. The molecule has 2 aromatic carbocycles. The van der Waals surface area contributed by atoms with Gasteiger partial charge in [-0.15, -0.1) is 11.8 Å². The molecule has 3 rings (SSSR count). The highest BCUT2D eigenvalue weighted by atomic mass is 32.2. The molecule has 1 aliphatic rings. The number of fused-ring (bicyclic) bond motifs is 1. The van der Waals surface area contributed by atoms with Crippen LogP contribution in [-0.2, 0) is 9.59 Å². The molecule has 1 N–H and O–H groups in total. The minimum absolute atomic E-state index is 0.0409. The first-order valence-electron chi connectivity index (χ1n) is 9.73. The summed E-state index contributed by atoms with van der Waals surface area (Å²) in [7, 11) is 0. The van der Waals surface area contributed by atoms with Gasteiger partial charge in [0.15, 0.2) is 0 Å². The lowest BCUT2D eigenvalue weighted by atomic mass is 10.1. The highest BCUT2D eigenvalue weighted by molar-refractivity contribution is 8.00. The van der Waals surface area contributed by atoms with Crippen LogP contribution in [0.4, 0.5) is 0 Å². The lowest BCUT2D eigenvalue weighted by Crippen LogP contribution is -2.53. The summed E-state index contributed by atoms with van der Waals surface area (Å²) in [5.41, 5.74) is -0.213. The molecule has 0 bridgehead atoms. The van der Waals surface area contributed by atoms with Crippen molar-refractivity contribution in [3.05, 3.63) is 42.5 Å². The maximum absolute atomic E-state index is 12.6. The van der Waals surface area contributed by atoms with Crippen molar-refractivity contribution in [3.8, 4) is 0 Å². The van der Waals surface area contributed by atoms with E-state index in [-0.39, 0.29) is 17.4 Å². The highest BCUT2D eigenvalue weighted by Gasteiger charge is 2.23. The fraction of sp³-hybridized carbons (Fsp3) is 0.455. The number of hydrogen-bond acceptors (Lipinski definition) is 4. The van der Waals surface area contributed by atoms with E-state index >= 15 is 0 Å². The average molecular weight is 400 g/mol. The summed E-state index contributed by atoms with van der Waals surface area (Å²) in [5, 5.41) is 5.40. The van der Waals surface area contributed by atoms with E-state index in [2.05, 4.69) is 40.5 Å². The van der Waals surface area contributed by atoms with Crippen LogP contribution in [0.1, 0.15) is 20.8 Å². The summed E-state index contributed by atoms with van der Waals surface area (Å²) in [4.78, 5) is 29.8. The standard InChI is InChI=1S/C22H29N3O2S/c1-22(2,3)23-20(26)15-24-10-12-25(13-11-24)21(27)16-28-19-9-8-17-6-4-5-7-18(17)14-19/h4-9,14H,10-13,15-16H2,1-3H3,(H,23,26). The summed E-state index contributed by atoms with van der Waals surface area (Å²) in [6.07, 6.45) is 0. The smallest absolute Gasteiger partial charge is 0.234 e. The lowest BCUT2D eigenvalue weighted by Gasteiger charge is -2.35. The molecule has 1 heterocycles. The second kappa shape index (κ2) is 8.97. The molecule has 0 radical (unpaired) electrons. The fourth-order valence-electron chi connectivity index (χ4n) is 3.31. The molecule has 1 saturated heterocycles. The van der Waals surface area contributed by atoms with Crippen molar-refractivity contribution < 1.29 is 9.59 Å². The van der Waals surface area contributed by atoms with E-state index in [0.29, 0.717) is 25.4 Å². The van der Waals surface area contributed by atoms with Gasteiger partial charge in [-0.2, -0.15) is 0 Å². The molecule has 28 heavy (non-hydrogen) atoms. The average Bonchev–Trinajstić information content (AvgIpc) is 2.65. The van der Waals surface area contributed by atoms with E-state index < -0.39 is 0 Å². The van der Waals surface area contributed by atoms with Gasteiger partial charge in [-0.1, -0.05) is 30.3 Å². The van der Waals surface area contributed by atoms with E-state index in [1.165, 1.54) is 10.8 Å². The van der Waals surface area contributed by atoms with Crippen LogP contribution >= 0.6 is 11.8 Å². The van der Waals surface area contributed by atoms with Crippen LogP contribution < -0.4 is 5.32 Å². The van der Waals surface area contributed by atoms with Gasteiger partial charge < -0.3 is 10.2 Å². The minimum Gasteiger partial charge on any atom is -0.350 e. The third kappa shape index (κ3) is 5.97. The Morgan fingerprint density at radius 1 is 1.00 bits per heavy atom. The Morgan fingerprint density at radius 2 is 1.68 bits per heavy atom. The van der Waals surface area contributed by atoms with Gasteiger partial charge >= 0.3 is 0 Å². The van der Waals surface area contributed by atoms with Crippen molar-refractivity contribution in [3.63, 3.8) is 0 Å². The van der Waals surface area contributed by atoms with E-state index in [9.17, 15) is 9.59 Å². The molecular weight excluding hydrogens is 370 g/mol. The number of carbonyl (C=O) groups is 2. The molecule has 0 saturated carbocycles. The molecule has 0 aromatic heterocycles. The van der Waals surface area contributed by atoms with Gasteiger partial charge in [0.25, 0.3) is 0 Å². The van der Waals surface area contributed by atoms with Crippen molar-refractivity contribution >= 4 is 34.3 Å². The molecule has 0 aliphatic carbocycles. The molecular formula is C22H29N3O2S. The van der Waals surface area contributed by atoms with Gasteiger partial charge in [0, 0.05) is 36.6 Å². The third-order valence-electron chi connectivity index (χ3n) is 4.69. The summed E-state index contributed by atoms with van der Waals surface area (Å²) in [6.45, 7) is 9.18. The molecule has 0 atom stereocenters. The molecule has 1 fully saturated rings. The topological polar surface area (TPSA) is 52.7 Å². The Hall–Kier alpha value is -2.05. The monoisotopic (exact) mass is 399 g/mol.